The van der Waals surface area contributed by atoms with Crippen LogP contribution >= 0.6 is 0 Å². The third kappa shape index (κ3) is 70.0. The van der Waals surface area contributed by atoms with E-state index in [1.807, 2.05) is 0 Å². The van der Waals surface area contributed by atoms with Crippen molar-refractivity contribution in [3.63, 3.8) is 0 Å². The molecule has 0 aromatic carbocycles. The molecule has 0 amide bonds. The van der Waals surface area contributed by atoms with E-state index >= 15 is 0 Å². The van der Waals surface area contributed by atoms with Crippen LogP contribution < -0.4 is 0 Å². The zero-order valence-electron chi connectivity index (χ0n) is 43.1. The van der Waals surface area contributed by atoms with Crippen molar-refractivity contribution < 1.29 is 67.1 Å². The second-order valence-corrected chi connectivity index (χ2v) is 16.6. The molecule has 0 radical (unpaired) electrons. The maximum atomic E-state index is 8.56. The molecule has 0 rings (SSSR count). The Kier molecular flexibility index (Phi) is 70.3. The summed E-state index contributed by atoms with van der Waals surface area (Å²) in [6.45, 7) is 18.3. The van der Waals surface area contributed by atoms with Gasteiger partial charge in [-0.2, -0.15) is 0 Å². The van der Waals surface area contributed by atoms with Crippen LogP contribution in [-0.2, 0) is 56.8 Å². The first-order valence-electron chi connectivity index (χ1n) is 27.0. The summed E-state index contributed by atoms with van der Waals surface area (Å²) in [5.41, 5.74) is 0. The summed E-state index contributed by atoms with van der Waals surface area (Å²) in [7, 11) is 0. The number of ether oxygens (including phenoxy) is 12. The first-order valence-corrected chi connectivity index (χ1v) is 27.0. The molecule has 0 aliphatic rings. The Morgan fingerprint density at radius 3 is 0.470 bits per heavy atom. The van der Waals surface area contributed by atoms with Gasteiger partial charge in [0.05, 0.1) is 159 Å². The average molecular weight is 957 g/mol. The summed E-state index contributed by atoms with van der Waals surface area (Å²) in [4.78, 5) is 0. The number of hydrogen-bond acceptors (Lipinski definition) is 14. The van der Waals surface area contributed by atoms with E-state index in [4.69, 9.17) is 67.1 Å². The minimum absolute atomic E-state index is 0.0430. The van der Waals surface area contributed by atoms with Gasteiger partial charge in [-0.3, -0.25) is 0 Å². The van der Waals surface area contributed by atoms with E-state index in [0.717, 1.165) is 26.1 Å². The first-order chi connectivity index (χ1) is 32.8. The molecule has 14 heteroatoms. The minimum Gasteiger partial charge on any atom is -0.394 e. The van der Waals surface area contributed by atoms with Crippen molar-refractivity contribution in [2.75, 3.05) is 172 Å². The Morgan fingerprint density at radius 1 is 0.167 bits per heavy atom. The normalized spacial score (nSPS) is 11.5. The molecular weight excluding hydrogens is 849 g/mol. The number of unbranched alkanes of at least 4 members (excludes halogenated alkanes) is 22. The van der Waals surface area contributed by atoms with Crippen molar-refractivity contribution in [1.29, 1.82) is 0 Å². The number of rotatable bonds is 60. The highest BCUT2D eigenvalue weighted by Gasteiger charge is 1.99. The molecule has 0 aliphatic heterocycles. The number of aliphatic hydroxyl groups excluding tert-OH is 2. The summed E-state index contributed by atoms with van der Waals surface area (Å²) >= 11 is 0. The predicted molar refractivity (Wildman–Crippen MR) is 266 cm³/mol. The molecule has 0 bridgehead atoms. The molecule has 0 atom stereocenters. The van der Waals surface area contributed by atoms with Crippen LogP contribution in [-0.4, -0.2) is 182 Å². The molecule has 66 heavy (non-hydrogen) atoms. The molecule has 0 aromatic heterocycles. The fraction of sp³-hybridized carbons (Fsp3) is 1.00. The van der Waals surface area contributed by atoms with Crippen LogP contribution in [0.15, 0.2) is 0 Å². The van der Waals surface area contributed by atoms with Crippen LogP contribution in [0.4, 0.5) is 0 Å². The lowest BCUT2D eigenvalue weighted by atomic mass is 10.0. The fourth-order valence-corrected chi connectivity index (χ4v) is 6.62. The fourth-order valence-electron chi connectivity index (χ4n) is 6.62. The second kappa shape index (κ2) is 68.7. The van der Waals surface area contributed by atoms with Gasteiger partial charge >= 0.3 is 0 Å². The number of hydrogen-bond donors (Lipinski definition) is 2. The lowest BCUT2D eigenvalue weighted by molar-refractivity contribution is -0.0182. The van der Waals surface area contributed by atoms with E-state index in [-0.39, 0.29) is 13.2 Å². The monoisotopic (exact) mass is 957 g/mol. The Morgan fingerprint density at radius 2 is 0.303 bits per heavy atom. The molecule has 0 fully saturated rings. The maximum absolute atomic E-state index is 8.56. The topological polar surface area (TPSA) is 151 Å². The van der Waals surface area contributed by atoms with E-state index in [2.05, 4.69) is 13.8 Å². The van der Waals surface area contributed by atoms with Crippen LogP contribution in [0.1, 0.15) is 168 Å². The molecule has 0 saturated heterocycles. The highest BCUT2D eigenvalue weighted by Crippen LogP contribution is 2.13. The van der Waals surface area contributed by atoms with E-state index in [1.54, 1.807) is 0 Å². The van der Waals surface area contributed by atoms with Gasteiger partial charge in [-0.05, 0) is 12.8 Å². The van der Waals surface area contributed by atoms with Gasteiger partial charge in [-0.15, -0.1) is 0 Å². The summed E-state index contributed by atoms with van der Waals surface area (Å²) in [5.74, 6) is 0. The molecule has 0 unspecified atom stereocenters. The van der Waals surface area contributed by atoms with Gasteiger partial charge in [0.15, 0.2) is 0 Å². The van der Waals surface area contributed by atoms with Crippen molar-refractivity contribution in [2.45, 2.75) is 168 Å². The third-order valence-corrected chi connectivity index (χ3v) is 10.5. The standard InChI is InChI=1S/C28H58O7.C24H50O7/c1-2-3-4-5-6-7-8-9-10-11-12-13-14-15-17-30-19-21-32-23-25-34-27-28-35-26-24-33-22-20-31-18-16-29;1-2-3-4-5-6-7-8-9-10-11-13-26-15-17-28-19-21-30-23-24-31-22-20-29-18-16-27-14-12-25/h29H,2-28H2,1H3;25H,2-24H2,1H3. The van der Waals surface area contributed by atoms with E-state index in [1.165, 1.54) is 141 Å². The van der Waals surface area contributed by atoms with E-state index < -0.39 is 0 Å². The zero-order chi connectivity index (χ0) is 47.8. The highest BCUT2D eigenvalue weighted by molar-refractivity contribution is 4.50. The summed E-state index contributed by atoms with van der Waals surface area (Å²) in [6.07, 6.45) is 32.8. The van der Waals surface area contributed by atoms with Crippen molar-refractivity contribution in [1.82, 2.24) is 0 Å². The highest BCUT2D eigenvalue weighted by atomic mass is 16.6. The largest absolute Gasteiger partial charge is 0.394 e. The molecular formula is C52H108O14. The van der Waals surface area contributed by atoms with Crippen LogP contribution in [0.3, 0.4) is 0 Å². The first kappa shape index (κ1) is 67.5. The van der Waals surface area contributed by atoms with Crippen molar-refractivity contribution in [3.8, 4) is 0 Å². The molecule has 0 saturated carbocycles. The maximum Gasteiger partial charge on any atom is 0.0701 e. The number of aliphatic hydroxyl groups is 2. The van der Waals surface area contributed by atoms with Crippen LogP contribution in [0.25, 0.3) is 0 Å². The Labute approximate surface area is 405 Å². The molecule has 0 aliphatic carbocycles. The van der Waals surface area contributed by atoms with Gasteiger partial charge in [-0.25, -0.2) is 0 Å². The molecule has 14 nitrogen and oxygen atoms in total. The van der Waals surface area contributed by atoms with Crippen molar-refractivity contribution >= 4 is 0 Å². The van der Waals surface area contributed by atoms with Crippen molar-refractivity contribution in [2.24, 2.45) is 0 Å². The second-order valence-electron chi connectivity index (χ2n) is 16.6. The van der Waals surface area contributed by atoms with Gasteiger partial charge in [0.2, 0.25) is 0 Å². The molecule has 400 valence electrons. The summed E-state index contributed by atoms with van der Waals surface area (Å²) in [6, 6.07) is 0. The third-order valence-electron chi connectivity index (χ3n) is 10.5. The minimum atomic E-state index is 0.0430. The smallest absolute Gasteiger partial charge is 0.0701 e. The van der Waals surface area contributed by atoms with Gasteiger partial charge < -0.3 is 67.1 Å². The van der Waals surface area contributed by atoms with Crippen LogP contribution in [0.2, 0.25) is 0 Å². The Hall–Kier alpha value is -0.560. The quantitative estimate of drug-likeness (QED) is 0.0557. The van der Waals surface area contributed by atoms with Gasteiger partial charge in [0.1, 0.15) is 0 Å². The Bertz CT molecular complexity index is 728. The lowest BCUT2D eigenvalue weighted by Gasteiger charge is -2.08. The lowest BCUT2D eigenvalue weighted by Crippen LogP contribution is -2.14. The molecule has 0 spiro atoms. The van der Waals surface area contributed by atoms with Crippen LogP contribution in [0, 0.1) is 0 Å². The van der Waals surface area contributed by atoms with E-state index in [0.29, 0.717) is 145 Å². The summed E-state index contributed by atoms with van der Waals surface area (Å²) in [5, 5.41) is 17.1. The van der Waals surface area contributed by atoms with Crippen LogP contribution in [0.5, 0.6) is 0 Å². The van der Waals surface area contributed by atoms with Gasteiger partial charge in [-0.1, -0.05) is 155 Å². The van der Waals surface area contributed by atoms with Gasteiger partial charge in [0, 0.05) is 13.2 Å². The molecule has 0 aromatic rings. The predicted octanol–water partition coefficient (Wildman–Crippen LogP) is 9.56. The van der Waals surface area contributed by atoms with Crippen molar-refractivity contribution in [3.05, 3.63) is 0 Å². The molecule has 0 heterocycles. The van der Waals surface area contributed by atoms with Gasteiger partial charge in [0.25, 0.3) is 0 Å². The van der Waals surface area contributed by atoms with E-state index in [9.17, 15) is 0 Å². The molecule has 2 N–H and O–H groups in total. The summed E-state index contributed by atoms with van der Waals surface area (Å²) < 4.78 is 64.8. The zero-order valence-corrected chi connectivity index (χ0v) is 43.1. The average Bonchev–Trinajstić information content (AvgIpc) is 3.33. The SMILES string of the molecule is CCCCCCCCCCCCCCCCOCCOCCOCCOCCOCCOCCO.CCCCCCCCCCCCOCCOCCOCCOCCOCCOCCO. The Balaban J connectivity index is 0.